The Morgan fingerprint density at radius 1 is 1.00 bits per heavy atom. The number of benzene rings is 2. The topological polar surface area (TPSA) is 52.6 Å². The van der Waals surface area contributed by atoms with Gasteiger partial charge in [-0.05, 0) is 35.3 Å². The van der Waals surface area contributed by atoms with Gasteiger partial charge in [-0.2, -0.15) is 0 Å². The van der Waals surface area contributed by atoms with Crippen LogP contribution in [-0.2, 0) is 10.3 Å². The first-order valence-electron chi connectivity index (χ1n) is 8.50. The van der Waals surface area contributed by atoms with Crippen LogP contribution in [0.1, 0.15) is 25.0 Å². The molecule has 4 heteroatoms. The molecule has 0 fully saturated rings. The number of hydrogen-bond donors (Lipinski definition) is 2. The number of nitrogens with zero attached hydrogens (tertiary/aromatic N) is 1. The van der Waals surface area contributed by atoms with Crippen LogP contribution in [0.15, 0.2) is 48.5 Å². The highest BCUT2D eigenvalue weighted by Gasteiger charge is 2.43. The second-order valence-corrected chi connectivity index (χ2v) is 6.16. The molecule has 0 saturated heterocycles. The van der Waals surface area contributed by atoms with Crippen LogP contribution in [-0.4, -0.2) is 42.2 Å². The lowest BCUT2D eigenvalue weighted by Gasteiger charge is -2.32. The van der Waals surface area contributed by atoms with Crippen molar-refractivity contribution in [2.75, 3.05) is 26.2 Å². The molecule has 1 amide bonds. The Labute approximate surface area is 143 Å². The van der Waals surface area contributed by atoms with E-state index in [0.717, 1.165) is 35.3 Å². The van der Waals surface area contributed by atoms with Crippen LogP contribution in [0, 0.1) is 0 Å². The molecule has 1 aliphatic carbocycles. The Bertz CT molecular complexity index is 692. The summed E-state index contributed by atoms with van der Waals surface area (Å²) in [6, 6.07) is 15.9. The minimum atomic E-state index is -0.864. The molecule has 0 spiro atoms. The number of amides is 1. The van der Waals surface area contributed by atoms with Gasteiger partial charge < -0.3 is 10.4 Å². The Kier molecular flexibility index (Phi) is 4.69. The molecule has 0 radical (unpaired) electrons. The first-order chi connectivity index (χ1) is 11.7. The van der Waals surface area contributed by atoms with Crippen molar-refractivity contribution in [3.63, 3.8) is 0 Å². The van der Waals surface area contributed by atoms with Crippen molar-refractivity contribution in [3.05, 3.63) is 59.7 Å². The summed E-state index contributed by atoms with van der Waals surface area (Å²) in [5, 5.41) is 13.4. The van der Waals surface area contributed by atoms with Gasteiger partial charge in [-0.15, -0.1) is 0 Å². The number of carbonyl (C=O) groups is 1. The number of nitrogens with one attached hydrogen (secondary N) is 1. The van der Waals surface area contributed by atoms with E-state index >= 15 is 0 Å². The Morgan fingerprint density at radius 2 is 1.50 bits per heavy atom. The predicted molar refractivity (Wildman–Crippen MR) is 95.7 cm³/mol. The van der Waals surface area contributed by atoms with Crippen LogP contribution in [0.2, 0.25) is 0 Å². The zero-order valence-electron chi connectivity index (χ0n) is 14.2. The van der Waals surface area contributed by atoms with Gasteiger partial charge in [-0.3, -0.25) is 9.69 Å². The number of carbonyl (C=O) groups excluding carboxylic acids is 1. The van der Waals surface area contributed by atoms with Crippen LogP contribution in [0.25, 0.3) is 11.1 Å². The fourth-order valence-corrected chi connectivity index (χ4v) is 3.60. The highest BCUT2D eigenvalue weighted by molar-refractivity contribution is 5.86. The molecular formula is C20H24N2O2. The third-order valence-corrected chi connectivity index (χ3v) is 4.92. The minimum Gasteiger partial charge on any atom is -0.393 e. The second kappa shape index (κ2) is 6.75. The van der Waals surface area contributed by atoms with E-state index in [0.29, 0.717) is 6.54 Å². The van der Waals surface area contributed by atoms with Gasteiger partial charge in [0.25, 0.3) is 0 Å². The summed E-state index contributed by atoms with van der Waals surface area (Å²) in [7, 11) is 0. The molecule has 24 heavy (non-hydrogen) atoms. The molecule has 3 rings (SSSR count). The maximum Gasteiger partial charge on any atom is 0.235 e. The van der Waals surface area contributed by atoms with Crippen molar-refractivity contribution in [2.24, 2.45) is 0 Å². The van der Waals surface area contributed by atoms with Gasteiger partial charge in [0.2, 0.25) is 5.91 Å². The summed E-state index contributed by atoms with van der Waals surface area (Å²) in [4.78, 5) is 14.7. The third-order valence-electron chi connectivity index (χ3n) is 4.92. The fraction of sp³-hybridized carbons (Fsp3) is 0.350. The van der Waals surface area contributed by atoms with Crippen molar-refractivity contribution >= 4 is 5.91 Å². The summed E-state index contributed by atoms with van der Waals surface area (Å²) in [5.41, 5.74) is 3.20. The number of hydrogen-bond acceptors (Lipinski definition) is 3. The van der Waals surface area contributed by atoms with Crippen molar-refractivity contribution in [1.82, 2.24) is 10.2 Å². The number of likely N-dealkylation sites (N-methyl/N-ethyl adjacent to an activating group) is 1. The Balaban J connectivity index is 2.01. The SMILES string of the molecule is CCN(CC)CC(=O)NC1(CO)c2ccccc2-c2ccccc21. The highest BCUT2D eigenvalue weighted by Crippen LogP contribution is 2.46. The molecule has 2 N–H and O–H groups in total. The normalized spacial score (nSPS) is 14.3. The van der Waals surface area contributed by atoms with Gasteiger partial charge in [-0.25, -0.2) is 0 Å². The molecule has 4 nitrogen and oxygen atoms in total. The monoisotopic (exact) mass is 324 g/mol. The number of rotatable bonds is 6. The zero-order chi connectivity index (χ0) is 17.2. The van der Waals surface area contributed by atoms with Crippen LogP contribution >= 0.6 is 0 Å². The number of aliphatic hydroxyl groups is 1. The summed E-state index contributed by atoms with van der Waals surface area (Å²) < 4.78 is 0. The van der Waals surface area contributed by atoms with Gasteiger partial charge >= 0.3 is 0 Å². The van der Waals surface area contributed by atoms with Crippen LogP contribution < -0.4 is 5.32 Å². The Hall–Kier alpha value is -2.17. The Morgan fingerprint density at radius 3 is 1.96 bits per heavy atom. The molecule has 1 aliphatic rings. The summed E-state index contributed by atoms with van der Waals surface area (Å²) >= 11 is 0. The van der Waals surface area contributed by atoms with Crippen molar-refractivity contribution in [2.45, 2.75) is 19.4 Å². The van der Waals surface area contributed by atoms with E-state index in [-0.39, 0.29) is 12.5 Å². The van der Waals surface area contributed by atoms with Gasteiger partial charge in [0, 0.05) is 0 Å². The van der Waals surface area contributed by atoms with Gasteiger partial charge in [0.1, 0.15) is 5.54 Å². The van der Waals surface area contributed by atoms with Crippen LogP contribution in [0.3, 0.4) is 0 Å². The van der Waals surface area contributed by atoms with Crippen LogP contribution in [0.4, 0.5) is 0 Å². The molecule has 0 atom stereocenters. The molecule has 0 bridgehead atoms. The lowest BCUT2D eigenvalue weighted by atomic mass is 9.88. The van der Waals surface area contributed by atoms with E-state index in [4.69, 9.17) is 0 Å². The summed E-state index contributed by atoms with van der Waals surface area (Å²) in [5.74, 6) is -0.0701. The third kappa shape index (κ3) is 2.62. The average molecular weight is 324 g/mol. The molecule has 0 saturated carbocycles. The molecule has 0 aliphatic heterocycles. The first-order valence-corrected chi connectivity index (χ1v) is 8.50. The molecule has 0 unspecified atom stereocenters. The van der Waals surface area contributed by atoms with E-state index in [1.165, 1.54) is 0 Å². The smallest absolute Gasteiger partial charge is 0.235 e. The van der Waals surface area contributed by atoms with Gasteiger partial charge in [0.05, 0.1) is 13.2 Å². The summed E-state index contributed by atoms with van der Waals surface area (Å²) in [6.45, 7) is 5.90. The van der Waals surface area contributed by atoms with Crippen molar-refractivity contribution in [1.29, 1.82) is 0 Å². The molecule has 0 aromatic heterocycles. The highest BCUT2D eigenvalue weighted by atomic mass is 16.3. The quantitative estimate of drug-likeness (QED) is 0.858. The maximum atomic E-state index is 12.6. The number of fused-ring (bicyclic) bond motifs is 3. The summed E-state index contributed by atoms with van der Waals surface area (Å²) in [6.07, 6.45) is 0. The molecule has 2 aromatic rings. The molecular weight excluding hydrogens is 300 g/mol. The van der Waals surface area contributed by atoms with Gasteiger partial charge in [-0.1, -0.05) is 62.4 Å². The maximum absolute atomic E-state index is 12.6. The fourth-order valence-electron chi connectivity index (χ4n) is 3.60. The van der Waals surface area contributed by atoms with E-state index in [1.54, 1.807) is 0 Å². The van der Waals surface area contributed by atoms with E-state index in [2.05, 4.69) is 10.2 Å². The lowest BCUT2D eigenvalue weighted by Crippen LogP contribution is -2.51. The predicted octanol–water partition coefficient (Wildman–Crippen LogP) is 2.36. The first kappa shape index (κ1) is 16.7. The second-order valence-electron chi connectivity index (χ2n) is 6.16. The average Bonchev–Trinajstić information content (AvgIpc) is 2.91. The number of aliphatic hydroxyl groups excluding tert-OH is 1. The zero-order valence-corrected chi connectivity index (χ0v) is 14.2. The lowest BCUT2D eigenvalue weighted by molar-refractivity contribution is -0.124. The van der Waals surface area contributed by atoms with E-state index in [9.17, 15) is 9.90 Å². The largest absolute Gasteiger partial charge is 0.393 e. The van der Waals surface area contributed by atoms with Crippen molar-refractivity contribution in [3.8, 4) is 11.1 Å². The standard InChI is InChI=1S/C20H24N2O2/c1-3-22(4-2)13-19(24)21-20(14-23)17-11-7-5-9-15(17)16-10-6-8-12-18(16)20/h5-12,23H,3-4,13-14H2,1-2H3,(H,21,24). The van der Waals surface area contributed by atoms with Gasteiger partial charge in [0.15, 0.2) is 0 Å². The van der Waals surface area contributed by atoms with Crippen molar-refractivity contribution < 1.29 is 9.90 Å². The molecule has 0 heterocycles. The minimum absolute atomic E-state index is 0.0701. The van der Waals surface area contributed by atoms with Crippen LogP contribution in [0.5, 0.6) is 0 Å². The van der Waals surface area contributed by atoms with E-state index < -0.39 is 5.54 Å². The molecule has 2 aromatic carbocycles. The molecule has 126 valence electrons. The van der Waals surface area contributed by atoms with E-state index in [1.807, 2.05) is 62.4 Å².